The van der Waals surface area contributed by atoms with Gasteiger partial charge in [-0.15, -0.1) is 0 Å². The molecule has 8 heteroatoms. The van der Waals surface area contributed by atoms with E-state index in [9.17, 15) is 19.1 Å². The third kappa shape index (κ3) is 5.24. The molecule has 0 aromatic heterocycles. The molecule has 0 aliphatic carbocycles. The van der Waals surface area contributed by atoms with Crippen molar-refractivity contribution in [2.75, 3.05) is 25.6 Å². The van der Waals surface area contributed by atoms with Gasteiger partial charge in [0.05, 0.1) is 19.8 Å². The second-order valence-corrected chi connectivity index (χ2v) is 7.93. The molecule has 4 rings (SSSR count). The maximum absolute atomic E-state index is 13.2. The standard InChI is InChI=1S/C26H25FN2O5/c1-33-22-12-6-19(7-13-22)26(32)28-21-10-4-18(5-11-21)25-23(15-30)29(24(31)16-34-25)14-17-2-8-20(27)9-3-17/h2-13,23,25,30H,14-16H2,1H3,(H,28,32). The number of hydrogen-bond donors (Lipinski definition) is 2. The summed E-state index contributed by atoms with van der Waals surface area (Å²) in [5.74, 6) is -0.191. The molecule has 0 bridgehead atoms. The Morgan fingerprint density at radius 2 is 1.76 bits per heavy atom. The van der Waals surface area contributed by atoms with Crippen LogP contribution in [-0.2, 0) is 16.1 Å². The Morgan fingerprint density at radius 1 is 1.09 bits per heavy atom. The van der Waals surface area contributed by atoms with Crippen LogP contribution in [0.15, 0.2) is 72.8 Å². The minimum absolute atomic E-state index is 0.127. The van der Waals surface area contributed by atoms with Gasteiger partial charge in [-0.3, -0.25) is 9.59 Å². The molecule has 2 N–H and O–H groups in total. The first-order valence-electron chi connectivity index (χ1n) is 10.8. The molecular formula is C26H25FN2O5. The van der Waals surface area contributed by atoms with Crippen LogP contribution in [0.3, 0.4) is 0 Å². The number of morpholine rings is 1. The quantitative estimate of drug-likeness (QED) is 0.559. The van der Waals surface area contributed by atoms with E-state index in [0.717, 1.165) is 11.1 Å². The van der Waals surface area contributed by atoms with Gasteiger partial charge in [-0.1, -0.05) is 24.3 Å². The summed E-state index contributed by atoms with van der Waals surface area (Å²) in [6.07, 6.45) is -0.547. The predicted molar refractivity (Wildman–Crippen MR) is 124 cm³/mol. The molecule has 2 unspecified atom stereocenters. The third-order valence-electron chi connectivity index (χ3n) is 5.76. The van der Waals surface area contributed by atoms with Gasteiger partial charge >= 0.3 is 0 Å². The Kier molecular flexibility index (Phi) is 7.20. The molecule has 176 valence electrons. The number of nitrogens with zero attached hydrogens (tertiary/aromatic N) is 1. The summed E-state index contributed by atoms with van der Waals surface area (Å²) in [4.78, 5) is 26.6. The predicted octanol–water partition coefficient (Wildman–Crippen LogP) is 3.55. The maximum Gasteiger partial charge on any atom is 0.255 e. The van der Waals surface area contributed by atoms with Gasteiger partial charge < -0.3 is 24.8 Å². The van der Waals surface area contributed by atoms with Crippen LogP contribution in [0.1, 0.15) is 27.6 Å². The van der Waals surface area contributed by atoms with E-state index in [4.69, 9.17) is 9.47 Å². The van der Waals surface area contributed by atoms with Gasteiger partial charge in [-0.25, -0.2) is 4.39 Å². The molecule has 1 aliphatic heterocycles. The van der Waals surface area contributed by atoms with Gasteiger partial charge in [0.25, 0.3) is 5.91 Å². The number of benzene rings is 3. The summed E-state index contributed by atoms with van der Waals surface area (Å²) in [6, 6.07) is 19.2. The number of aliphatic hydroxyl groups excluding tert-OH is 1. The van der Waals surface area contributed by atoms with Gasteiger partial charge in [-0.05, 0) is 59.7 Å². The molecule has 1 saturated heterocycles. The number of halogens is 1. The average molecular weight is 464 g/mol. The van der Waals surface area contributed by atoms with Crippen LogP contribution in [0.5, 0.6) is 5.75 Å². The minimum Gasteiger partial charge on any atom is -0.497 e. The number of nitrogens with one attached hydrogen (secondary N) is 1. The van der Waals surface area contributed by atoms with Crippen molar-refractivity contribution in [3.63, 3.8) is 0 Å². The molecule has 34 heavy (non-hydrogen) atoms. The normalized spacial score (nSPS) is 18.0. The van der Waals surface area contributed by atoms with Crippen molar-refractivity contribution in [1.82, 2.24) is 4.90 Å². The van der Waals surface area contributed by atoms with Gasteiger partial charge in [0.1, 0.15) is 24.3 Å². The molecule has 0 spiro atoms. The summed E-state index contributed by atoms with van der Waals surface area (Å²) < 4.78 is 24.1. The number of anilines is 1. The monoisotopic (exact) mass is 464 g/mol. The summed E-state index contributed by atoms with van der Waals surface area (Å²) in [5, 5.41) is 12.9. The Labute approximate surface area is 196 Å². The highest BCUT2D eigenvalue weighted by Gasteiger charge is 2.37. The smallest absolute Gasteiger partial charge is 0.255 e. The fourth-order valence-corrected chi connectivity index (χ4v) is 3.91. The molecule has 3 aromatic rings. The van der Waals surface area contributed by atoms with Crippen molar-refractivity contribution in [2.45, 2.75) is 18.7 Å². The van der Waals surface area contributed by atoms with Crippen molar-refractivity contribution in [2.24, 2.45) is 0 Å². The molecule has 7 nitrogen and oxygen atoms in total. The van der Waals surface area contributed by atoms with E-state index in [-0.39, 0.29) is 37.4 Å². The Morgan fingerprint density at radius 3 is 2.38 bits per heavy atom. The fraction of sp³-hybridized carbons (Fsp3) is 0.231. The summed E-state index contributed by atoms with van der Waals surface area (Å²) >= 11 is 0. The zero-order valence-electron chi connectivity index (χ0n) is 18.6. The number of methoxy groups -OCH3 is 1. The van der Waals surface area contributed by atoms with Crippen molar-refractivity contribution >= 4 is 17.5 Å². The molecule has 3 aromatic carbocycles. The summed E-state index contributed by atoms with van der Waals surface area (Å²) in [7, 11) is 1.56. The highest BCUT2D eigenvalue weighted by molar-refractivity contribution is 6.04. The Hall–Kier alpha value is -3.75. The fourth-order valence-electron chi connectivity index (χ4n) is 3.91. The van der Waals surface area contributed by atoms with Crippen LogP contribution in [-0.4, -0.2) is 48.2 Å². The van der Waals surface area contributed by atoms with E-state index in [0.29, 0.717) is 17.0 Å². The molecule has 1 aliphatic rings. The lowest BCUT2D eigenvalue weighted by Crippen LogP contribution is -2.52. The first-order valence-corrected chi connectivity index (χ1v) is 10.8. The number of ether oxygens (including phenoxy) is 2. The van der Waals surface area contributed by atoms with E-state index in [2.05, 4.69) is 5.32 Å². The van der Waals surface area contributed by atoms with E-state index in [1.54, 1.807) is 72.7 Å². The molecule has 1 fully saturated rings. The molecule has 0 saturated carbocycles. The first kappa shape index (κ1) is 23.4. The van der Waals surface area contributed by atoms with E-state index < -0.39 is 12.1 Å². The van der Waals surface area contributed by atoms with Crippen molar-refractivity contribution in [3.8, 4) is 5.75 Å². The molecule has 0 radical (unpaired) electrons. The van der Waals surface area contributed by atoms with Gasteiger partial charge in [0.15, 0.2) is 0 Å². The Balaban J connectivity index is 1.46. The lowest BCUT2D eigenvalue weighted by atomic mass is 9.98. The van der Waals surface area contributed by atoms with Crippen LogP contribution in [0, 0.1) is 5.82 Å². The average Bonchev–Trinajstić information content (AvgIpc) is 2.87. The zero-order chi connectivity index (χ0) is 24.1. The SMILES string of the molecule is COc1ccc(C(=O)Nc2ccc(C3OCC(=O)N(Cc4ccc(F)cc4)C3CO)cc2)cc1. The topological polar surface area (TPSA) is 88.1 Å². The van der Waals surface area contributed by atoms with Crippen LogP contribution in [0.4, 0.5) is 10.1 Å². The van der Waals surface area contributed by atoms with Crippen LogP contribution in [0.2, 0.25) is 0 Å². The van der Waals surface area contributed by atoms with Gasteiger partial charge in [-0.2, -0.15) is 0 Å². The number of rotatable bonds is 7. The van der Waals surface area contributed by atoms with Crippen LogP contribution < -0.4 is 10.1 Å². The lowest BCUT2D eigenvalue weighted by molar-refractivity contribution is -0.162. The Bertz CT molecular complexity index is 1130. The van der Waals surface area contributed by atoms with Crippen molar-refractivity contribution in [1.29, 1.82) is 0 Å². The number of hydrogen-bond acceptors (Lipinski definition) is 5. The highest BCUT2D eigenvalue weighted by atomic mass is 19.1. The van der Waals surface area contributed by atoms with Crippen LogP contribution >= 0.6 is 0 Å². The second kappa shape index (κ2) is 10.5. The molecule has 2 amide bonds. The lowest BCUT2D eigenvalue weighted by Gasteiger charge is -2.40. The number of carbonyl (C=O) groups excluding carboxylic acids is 2. The zero-order valence-corrected chi connectivity index (χ0v) is 18.6. The summed E-state index contributed by atoms with van der Waals surface area (Å²) in [6.45, 7) is -0.188. The highest BCUT2D eigenvalue weighted by Crippen LogP contribution is 2.31. The van der Waals surface area contributed by atoms with Gasteiger partial charge in [0, 0.05) is 17.8 Å². The second-order valence-electron chi connectivity index (χ2n) is 7.93. The molecule has 2 atom stereocenters. The third-order valence-corrected chi connectivity index (χ3v) is 5.76. The molecule has 1 heterocycles. The maximum atomic E-state index is 13.2. The van der Waals surface area contributed by atoms with Crippen molar-refractivity contribution < 1.29 is 28.6 Å². The summed E-state index contributed by atoms with van der Waals surface area (Å²) in [5.41, 5.74) is 2.61. The van der Waals surface area contributed by atoms with Crippen LogP contribution in [0.25, 0.3) is 0 Å². The first-order chi connectivity index (χ1) is 16.5. The number of aliphatic hydroxyl groups is 1. The minimum atomic E-state index is -0.606. The number of carbonyl (C=O) groups is 2. The molecular weight excluding hydrogens is 439 g/mol. The van der Waals surface area contributed by atoms with E-state index in [1.807, 2.05) is 0 Å². The van der Waals surface area contributed by atoms with Crippen molar-refractivity contribution in [3.05, 3.63) is 95.3 Å². The van der Waals surface area contributed by atoms with Gasteiger partial charge in [0.2, 0.25) is 5.91 Å². The largest absolute Gasteiger partial charge is 0.497 e. The van der Waals surface area contributed by atoms with E-state index in [1.165, 1.54) is 12.1 Å². The van der Waals surface area contributed by atoms with E-state index >= 15 is 0 Å². The number of amides is 2.